The quantitative estimate of drug-likeness (QED) is 0.452. The molecule has 0 radical (unpaired) electrons. The maximum absolute atomic E-state index is 13.6. The molecule has 1 aliphatic heterocycles. The van der Waals surface area contributed by atoms with Crippen molar-refractivity contribution in [3.8, 4) is 0 Å². The molecule has 1 fully saturated rings. The van der Waals surface area contributed by atoms with Crippen LogP contribution in [0, 0.1) is 21.7 Å². The van der Waals surface area contributed by atoms with E-state index < -0.39 is 52.6 Å². The molecule has 1 saturated heterocycles. The van der Waals surface area contributed by atoms with Crippen LogP contribution in [-0.4, -0.2) is 23.2 Å². The van der Waals surface area contributed by atoms with E-state index in [4.69, 9.17) is 0 Å². The van der Waals surface area contributed by atoms with Crippen molar-refractivity contribution in [2.75, 3.05) is 11.4 Å². The number of halogens is 2. The zero-order valence-corrected chi connectivity index (χ0v) is 8.85. The van der Waals surface area contributed by atoms with Crippen LogP contribution in [0.5, 0.6) is 0 Å². The van der Waals surface area contributed by atoms with E-state index in [0.717, 1.165) is 0 Å². The second-order valence-electron chi connectivity index (χ2n) is 3.71. The maximum Gasteiger partial charge on any atom is 0.275 e. The average molecular weight is 256 g/mol. The van der Waals surface area contributed by atoms with Gasteiger partial charge in [-0.05, 0) is 0 Å². The van der Waals surface area contributed by atoms with Gasteiger partial charge in [-0.2, -0.15) is 0 Å². The number of nitrogens with zero attached hydrogens (tertiary/aromatic N) is 2. The number of amides is 1. The Balaban J connectivity index is 2.49. The lowest BCUT2D eigenvalue weighted by Crippen LogP contribution is -2.26. The number of ketones is 1. The Morgan fingerprint density at radius 1 is 1.22 bits per heavy atom. The van der Waals surface area contributed by atoms with Gasteiger partial charge in [-0.25, -0.2) is 8.78 Å². The Labute approximate surface area is 99.0 Å². The van der Waals surface area contributed by atoms with Crippen LogP contribution in [0.2, 0.25) is 0 Å². The highest BCUT2D eigenvalue weighted by Crippen LogP contribution is 2.30. The molecule has 6 nitrogen and oxygen atoms in total. The van der Waals surface area contributed by atoms with Crippen molar-refractivity contribution in [2.45, 2.75) is 6.42 Å². The summed E-state index contributed by atoms with van der Waals surface area (Å²) in [7, 11) is 0. The van der Waals surface area contributed by atoms with Crippen LogP contribution in [0.15, 0.2) is 12.1 Å². The third-order valence-corrected chi connectivity index (χ3v) is 2.47. The Hall–Kier alpha value is -2.38. The molecule has 1 amide bonds. The summed E-state index contributed by atoms with van der Waals surface area (Å²) < 4.78 is 27.1. The van der Waals surface area contributed by atoms with E-state index in [0.29, 0.717) is 17.0 Å². The van der Waals surface area contributed by atoms with Crippen molar-refractivity contribution in [2.24, 2.45) is 0 Å². The molecule has 0 aliphatic carbocycles. The summed E-state index contributed by atoms with van der Waals surface area (Å²) in [5, 5.41) is 10.4. The van der Waals surface area contributed by atoms with E-state index in [1.807, 2.05) is 0 Å². The third kappa shape index (κ3) is 1.92. The second-order valence-corrected chi connectivity index (χ2v) is 3.71. The molecular weight excluding hydrogens is 250 g/mol. The molecule has 1 aliphatic rings. The van der Waals surface area contributed by atoms with Crippen molar-refractivity contribution in [1.29, 1.82) is 0 Å². The number of carbonyl (C=O) groups excluding carboxylic acids is 2. The summed E-state index contributed by atoms with van der Waals surface area (Å²) in [6.07, 6.45) is -0.421. The van der Waals surface area contributed by atoms with E-state index in [2.05, 4.69) is 0 Å². The molecule has 0 unspecified atom stereocenters. The Bertz CT molecular complexity index is 550. The Kier molecular flexibility index (Phi) is 2.77. The summed E-state index contributed by atoms with van der Waals surface area (Å²) in [6, 6.07) is 1.02. The smallest absolute Gasteiger partial charge is 0.275 e. The molecule has 0 N–H and O–H groups in total. The van der Waals surface area contributed by atoms with E-state index in [1.54, 1.807) is 0 Å². The van der Waals surface area contributed by atoms with Gasteiger partial charge in [0.2, 0.25) is 5.91 Å². The number of anilines is 1. The molecule has 0 spiro atoms. The minimum absolute atomic E-state index is 0.421. The van der Waals surface area contributed by atoms with Crippen LogP contribution in [-0.2, 0) is 9.59 Å². The molecular formula is C10H6F2N2O4. The van der Waals surface area contributed by atoms with Gasteiger partial charge in [-0.15, -0.1) is 0 Å². The lowest BCUT2D eigenvalue weighted by molar-refractivity contribution is -0.385. The van der Waals surface area contributed by atoms with Gasteiger partial charge in [0.1, 0.15) is 5.69 Å². The fourth-order valence-electron chi connectivity index (χ4n) is 1.70. The van der Waals surface area contributed by atoms with Crippen molar-refractivity contribution < 1.29 is 23.3 Å². The van der Waals surface area contributed by atoms with Gasteiger partial charge < -0.3 is 0 Å². The van der Waals surface area contributed by atoms with Crippen molar-refractivity contribution in [1.82, 2.24) is 0 Å². The van der Waals surface area contributed by atoms with Gasteiger partial charge in [-0.1, -0.05) is 0 Å². The van der Waals surface area contributed by atoms with Crippen LogP contribution in [0.3, 0.4) is 0 Å². The molecule has 94 valence electrons. The first kappa shape index (κ1) is 12.1. The normalized spacial score (nSPS) is 15.3. The maximum atomic E-state index is 13.6. The molecule has 0 saturated carbocycles. The summed E-state index contributed by atoms with van der Waals surface area (Å²) in [5.41, 5.74) is -1.48. The zero-order chi connectivity index (χ0) is 13.4. The summed E-state index contributed by atoms with van der Waals surface area (Å²) in [5.74, 6) is -3.68. The number of nitro groups is 1. The van der Waals surface area contributed by atoms with Crippen LogP contribution in [0.4, 0.5) is 20.2 Å². The Morgan fingerprint density at radius 2 is 1.78 bits per heavy atom. The van der Waals surface area contributed by atoms with Gasteiger partial charge in [0.05, 0.1) is 30.0 Å². The van der Waals surface area contributed by atoms with Gasteiger partial charge in [0, 0.05) is 0 Å². The first-order valence-corrected chi connectivity index (χ1v) is 4.85. The van der Waals surface area contributed by atoms with Crippen LogP contribution >= 0.6 is 0 Å². The lowest BCUT2D eigenvalue weighted by atomic mass is 10.2. The minimum Gasteiger partial charge on any atom is -0.299 e. The summed E-state index contributed by atoms with van der Waals surface area (Å²) in [6.45, 7) is -0.426. The number of non-ortho nitro benzene ring substituents is 1. The van der Waals surface area contributed by atoms with Crippen LogP contribution < -0.4 is 4.90 Å². The van der Waals surface area contributed by atoms with Crippen molar-refractivity contribution >= 4 is 23.1 Å². The molecule has 2 rings (SSSR count). The van der Waals surface area contributed by atoms with Gasteiger partial charge >= 0.3 is 0 Å². The number of rotatable bonds is 2. The highest BCUT2D eigenvalue weighted by molar-refractivity contribution is 6.15. The second kappa shape index (κ2) is 4.13. The first-order chi connectivity index (χ1) is 8.40. The van der Waals surface area contributed by atoms with Crippen LogP contribution in [0.25, 0.3) is 0 Å². The fraction of sp³-hybridized carbons (Fsp3) is 0.200. The van der Waals surface area contributed by atoms with Gasteiger partial charge in [0.25, 0.3) is 5.69 Å². The molecule has 18 heavy (non-hydrogen) atoms. The number of hydrogen-bond donors (Lipinski definition) is 0. The van der Waals surface area contributed by atoms with Crippen LogP contribution in [0.1, 0.15) is 6.42 Å². The standard InChI is InChI=1S/C10H6F2N2O4/c11-7-1-5(14(17)18)2-8(12)10(7)13-4-6(15)3-9(13)16/h1-2H,3-4H2. The monoisotopic (exact) mass is 256 g/mol. The van der Waals surface area contributed by atoms with Gasteiger partial charge in [-0.3, -0.25) is 24.6 Å². The fourth-order valence-corrected chi connectivity index (χ4v) is 1.70. The summed E-state index contributed by atoms with van der Waals surface area (Å²) in [4.78, 5) is 32.5. The molecule has 1 heterocycles. The minimum atomic E-state index is -1.25. The third-order valence-electron chi connectivity index (χ3n) is 2.47. The number of benzene rings is 1. The molecule has 8 heteroatoms. The zero-order valence-electron chi connectivity index (χ0n) is 8.85. The average Bonchev–Trinajstić information content (AvgIpc) is 2.56. The Morgan fingerprint density at radius 3 is 2.17 bits per heavy atom. The van der Waals surface area contributed by atoms with Crippen molar-refractivity contribution in [3.63, 3.8) is 0 Å². The van der Waals surface area contributed by atoms with E-state index in [9.17, 15) is 28.5 Å². The number of Topliss-reactive ketones (excluding diaryl/α,β-unsaturated/α-hetero) is 1. The number of hydrogen-bond acceptors (Lipinski definition) is 4. The van der Waals surface area contributed by atoms with E-state index in [-0.39, 0.29) is 0 Å². The highest BCUT2D eigenvalue weighted by atomic mass is 19.1. The molecule has 1 aromatic rings. The van der Waals surface area contributed by atoms with Crippen molar-refractivity contribution in [3.05, 3.63) is 33.9 Å². The molecule has 0 atom stereocenters. The highest BCUT2D eigenvalue weighted by Gasteiger charge is 2.33. The molecule has 0 bridgehead atoms. The lowest BCUT2D eigenvalue weighted by Gasteiger charge is -2.15. The predicted molar refractivity (Wildman–Crippen MR) is 55.0 cm³/mol. The van der Waals surface area contributed by atoms with Gasteiger partial charge in [0.15, 0.2) is 17.4 Å². The summed E-state index contributed by atoms with van der Waals surface area (Å²) >= 11 is 0. The number of nitro benzene ring substituents is 1. The topological polar surface area (TPSA) is 80.5 Å². The van der Waals surface area contributed by atoms with E-state index in [1.165, 1.54) is 0 Å². The number of carbonyl (C=O) groups is 2. The largest absolute Gasteiger partial charge is 0.299 e. The molecule has 0 aromatic heterocycles. The first-order valence-electron chi connectivity index (χ1n) is 4.85. The van der Waals surface area contributed by atoms with E-state index >= 15 is 0 Å². The predicted octanol–water partition coefficient (Wildman–Crippen LogP) is 1.18. The molecule has 1 aromatic carbocycles. The SMILES string of the molecule is O=C1CC(=O)N(c2c(F)cc([N+](=O)[O-])cc2F)C1.